The Morgan fingerprint density at radius 2 is 1.41 bits per heavy atom. The van der Waals surface area contributed by atoms with Gasteiger partial charge in [-0.2, -0.15) is 26.3 Å². The van der Waals surface area contributed by atoms with Gasteiger partial charge in [-0.15, -0.1) is 0 Å². The quantitative estimate of drug-likeness (QED) is 0.281. The van der Waals surface area contributed by atoms with Gasteiger partial charge in [-0.3, -0.25) is 14.2 Å². The summed E-state index contributed by atoms with van der Waals surface area (Å²) >= 11 is 0. The van der Waals surface area contributed by atoms with Crippen LogP contribution in [0.15, 0.2) is 82.7 Å². The van der Waals surface area contributed by atoms with Gasteiger partial charge in [0.1, 0.15) is 17.0 Å². The van der Waals surface area contributed by atoms with Crippen LogP contribution in [-0.4, -0.2) is 15.6 Å². The number of nitrogens with one attached hydrogen (secondary N) is 1. The lowest BCUT2D eigenvalue weighted by molar-refractivity contribution is -0.138. The number of fused-ring (bicyclic) bond motifs is 1. The molecule has 0 amide bonds. The van der Waals surface area contributed by atoms with Crippen LogP contribution in [0, 0.1) is 0 Å². The van der Waals surface area contributed by atoms with Crippen molar-refractivity contribution in [2.24, 2.45) is 4.99 Å². The highest BCUT2D eigenvalue weighted by atomic mass is 19.4. The van der Waals surface area contributed by atoms with Gasteiger partial charge in [0.15, 0.2) is 0 Å². The first kappa shape index (κ1) is 23.0. The zero-order valence-electron chi connectivity index (χ0n) is 17.0. The summed E-state index contributed by atoms with van der Waals surface area (Å²) in [7, 11) is 0. The first-order valence-corrected chi connectivity index (χ1v) is 9.69. The summed E-state index contributed by atoms with van der Waals surface area (Å²) in [6.07, 6.45) is -6.38. The Bertz CT molecular complexity index is 1410. The Morgan fingerprint density at radius 3 is 2.00 bits per heavy atom. The van der Waals surface area contributed by atoms with Crippen molar-refractivity contribution in [1.29, 1.82) is 0 Å². The van der Waals surface area contributed by atoms with E-state index in [0.717, 1.165) is 42.6 Å². The Kier molecular flexibility index (Phi) is 5.86. The van der Waals surface area contributed by atoms with Crippen LogP contribution < -0.4 is 10.9 Å². The van der Waals surface area contributed by atoms with Crippen LogP contribution in [-0.2, 0) is 12.4 Å². The van der Waals surface area contributed by atoms with E-state index in [4.69, 9.17) is 0 Å². The first-order chi connectivity index (χ1) is 16.0. The molecular formula is C23H14F6N4O. The summed E-state index contributed by atoms with van der Waals surface area (Å²) < 4.78 is 78.0. The summed E-state index contributed by atoms with van der Waals surface area (Å²) in [5.41, 5.74) is -1.58. The number of anilines is 2. The minimum absolute atomic E-state index is 0.0200. The molecule has 4 rings (SSSR count). The number of hydrogen-bond acceptors (Lipinski definition) is 4. The van der Waals surface area contributed by atoms with E-state index in [1.165, 1.54) is 22.7 Å². The number of pyridine rings is 1. The first-order valence-electron chi connectivity index (χ1n) is 9.69. The Morgan fingerprint density at radius 1 is 0.824 bits per heavy atom. The molecular weight excluding hydrogens is 462 g/mol. The van der Waals surface area contributed by atoms with Gasteiger partial charge < -0.3 is 5.32 Å². The fourth-order valence-corrected chi connectivity index (χ4v) is 3.07. The average Bonchev–Trinajstić information content (AvgIpc) is 2.78. The smallest absolute Gasteiger partial charge is 0.339 e. The number of nitrogens with zero attached hydrogens (tertiary/aromatic N) is 3. The van der Waals surface area contributed by atoms with Crippen LogP contribution in [0.3, 0.4) is 0 Å². The van der Waals surface area contributed by atoms with Gasteiger partial charge in [0.2, 0.25) is 0 Å². The molecule has 11 heteroatoms. The standard InChI is InChI=1S/C23H14F6N4O/c24-22(25,26)14-4-8-16(9-5-14)30-13-18-20(32-19-3-1-2-12-33(19)21(18)34)31-17-10-6-15(7-11-17)23(27,28)29/h1-13,31H/b30-13+. The normalized spacial score (nSPS) is 12.4. The molecule has 0 fully saturated rings. The predicted molar refractivity (Wildman–Crippen MR) is 115 cm³/mol. The van der Waals surface area contributed by atoms with Crippen molar-refractivity contribution in [1.82, 2.24) is 9.38 Å². The molecule has 1 N–H and O–H groups in total. The second-order valence-corrected chi connectivity index (χ2v) is 7.11. The largest absolute Gasteiger partial charge is 0.416 e. The summed E-state index contributed by atoms with van der Waals surface area (Å²) in [5.74, 6) is 0.0200. The second-order valence-electron chi connectivity index (χ2n) is 7.11. The molecule has 2 aromatic carbocycles. The van der Waals surface area contributed by atoms with Crippen molar-refractivity contribution < 1.29 is 26.3 Å². The molecule has 0 unspecified atom stereocenters. The maximum absolute atomic E-state index is 13.0. The number of benzene rings is 2. The lowest BCUT2D eigenvalue weighted by Crippen LogP contribution is -2.21. The SMILES string of the molecule is O=c1c(/C=N/c2ccc(C(F)(F)F)cc2)c(Nc2ccc(C(F)(F)F)cc2)nc2ccccn12. The van der Waals surface area contributed by atoms with Crippen molar-refractivity contribution in [3.05, 3.63) is 100.0 Å². The van der Waals surface area contributed by atoms with E-state index in [-0.39, 0.29) is 28.4 Å². The highest BCUT2D eigenvalue weighted by Crippen LogP contribution is 2.31. The third kappa shape index (κ3) is 4.92. The number of aliphatic imine (C=N–C) groups is 1. The minimum Gasteiger partial charge on any atom is -0.339 e. The molecule has 4 aromatic rings. The van der Waals surface area contributed by atoms with Crippen molar-refractivity contribution >= 4 is 29.1 Å². The highest BCUT2D eigenvalue weighted by Gasteiger charge is 2.30. The van der Waals surface area contributed by atoms with E-state index >= 15 is 0 Å². The van der Waals surface area contributed by atoms with E-state index < -0.39 is 29.0 Å². The van der Waals surface area contributed by atoms with Crippen molar-refractivity contribution in [2.75, 3.05) is 5.32 Å². The lowest BCUT2D eigenvalue weighted by Gasteiger charge is -2.12. The van der Waals surface area contributed by atoms with E-state index in [2.05, 4.69) is 15.3 Å². The van der Waals surface area contributed by atoms with E-state index in [1.807, 2.05) is 0 Å². The van der Waals surface area contributed by atoms with Crippen LogP contribution in [0.4, 0.5) is 43.5 Å². The summed E-state index contributed by atoms with van der Waals surface area (Å²) in [5, 5.41) is 2.82. The Labute approximate surface area is 188 Å². The molecule has 0 aliphatic heterocycles. The number of rotatable bonds is 4. The summed E-state index contributed by atoms with van der Waals surface area (Å²) in [4.78, 5) is 21.5. The van der Waals surface area contributed by atoms with Crippen LogP contribution >= 0.6 is 0 Å². The Hall–Kier alpha value is -4.15. The maximum Gasteiger partial charge on any atom is 0.416 e. The zero-order chi connectivity index (χ0) is 24.5. The van der Waals surface area contributed by atoms with Crippen LogP contribution in [0.2, 0.25) is 0 Å². The van der Waals surface area contributed by atoms with Gasteiger partial charge >= 0.3 is 12.4 Å². The molecule has 5 nitrogen and oxygen atoms in total. The average molecular weight is 476 g/mol. The molecule has 0 spiro atoms. The van der Waals surface area contributed by atoms with Gasteiger partial charge in [-0.1, -0.05) is 6.07 Å². The van der Waals surface area contributed by atoms with Crippen LogP contribution in [0.25, 0.3) is 5.65 Å². The van der Waals surface area contributed by atoms with Gasteiger partial charge in [0, 0.05) is 18.1 Å². The fourth-order valence-electron chi connectivity index (χ4n) is 3.07. The fraction of sp³-hybridized carbons (Fsp3) is 0.0870. The van der Waals surface area contributed by atoms with Gasteiger partial charge in [-0.05, 0) is 60.7 Å². The summed E-state index contributed by atoms with van der Waals surface area (Å²) in [6.45, 7) is 0. The number of aromatic nitrogens is 2. The van der Waals surface area contributed by atoms with Gasteiger partial charge in [0.25, 0.3) is 5.56 Å². The van der Waals surface area contributed by atoms with E-state index in [0.29, 0.717) is 0 Å². The third-order valence-electron chi connectivity index (χ3n) is 4.78. The molecule has 34 heavy (non-hydrogen) atoms. The number of halogens is 6. The third-order valence-corrected chi connectivity index (χ3v) is 4.78. The Balaban J connectivity index is 1.73. The lowest BCUT2D eigenvalue weighted by atomic mass is 10.2. The highest BCUT2D eigenvalue weighted by molar-refractivity contribution is 5.89. The minimum atomic E-state index is -4.50. The molecule has 0 bridgehead atoms. The topological polar surface area (TPSA) is 58.8 Å². The number of hydrogen-bond donors (Lipinski definition) is 1. The monoisotopic (exact) mass is 476 g/mol. The van der Waals surface area contributed by atoms with E-state index in [1.54, 1.807) is 18.2 Å². The number of alkyl halides is 6. The zero-order valence-corrected chi connectivity index (χ0v) is 17.0. The molecule has 0 radical (unpaired) electrons. The van der Waals surface area contributed by atoms with Crippen LogP contribution in [0.1, 0.15) is 16.7 Å². The van der Waals surface area contributed by atoms with E-state index in [9.17, 15) is 31.1 Å². The molecule has 0 atom stereocenters. The molecule has 174 valence electrons. The predicted octanol–water partition coefficient (Wildman–Crippen LogP) is 6.23. The molecule has 0 aliphatic carbocycles. The molecule has 0 saturated carbocycles. The second kappa shape index (κ2) is 8.65. The van der Waals surface area contributed by atoms with Crippen molar-refractivity contribution in [3.63, 3.8) is 0 Å². The molecule has 2 aromatic heterocycles. The maximum atomic E-state index is 13.0. The van der Waals surface area contributed by atoms with Crippen molar-refractivity contribution in [3.8, 4) is 0 Å². The molecule has 2 heterocycles. The van der Waals surface area contributed by atoms with Crippen LogP contribution in [0.5, 0.6) is 0 Å². The van der Waals surface area contributed by atoms with Gasteiger partial charge in [0.05, 0.1) is 16.8 Å². The summed E-state index contributed by atoms with van der Waals surface area (Å²) in [6, 6.07) is 13.0. The van der Waals surface area contributed by atoms with Crippen molar-refractivity contribution in [2.45, 2.75) is 12.4 Å². The van der Waals surface area contributed by atoms with Gasteiger partial charge in [-0.25, -0.2) is 4.98 Å². The molecule has 0 aliphatic rings. The molecule has 0 saturated heterocycles.